The Morgan fingerprint density at radius 2 is 2.42 bits per heavy atom. The molecule has 1 atom stereocenters. The molecule has 1 saturated heterocycles. The highest BCUT2D eigenvalue weighted by molar-refractivity contribution is 5.93. The standard InChI is InChI=1S/C17H20N6O3/c1-23-8-2-4-13(23)11-10-12(21-20-11)16(24)18-7-6-15-19-17(26-22-15)14-5-3-9-25-14/h2,4,8,10,14H,3,5-7,9H2,1H3,(H,18,24)(H,20,21). The molecule has 136 valence electrons. The van der Waals surface area contributed by atoms with Crippen molar-refractivity contribution in [2.24, 2.45) is 7.05 Å². The molecule has 3 aromatic heterocycles. The highest BCUT2D eigenvalue weighted by Crippen LogP contribution is 2.26. The van der Waals surface area contributed by atoms with Crippen LogP contribution in [0.3, 0.4) is 0 Å². The van der Waals surface area contributed by atoms with E-state index >= 15 is 0 Å². The summed E-state index contributed by atoms with van der Waals surface area (Å²) in [4.78, 5) is 16.6. The Bertz CT molecular complexity index is 890. The summed E-state index contributed by atoms with van der Waals surface area (Å²) in [5.74, 6) is 0.857. The molecule has 0 spiro atoms. The van der Waals surface area contributed by atoms with Gasteiger partial charge in [0.15, 0.2) is 5.82 Å². The highest BCUT2D eigenvalue weighted by Gasteiger charge is 2.23. The Labute approximate surface area is 149 Å². The summed E-state index contributed by atoms with van der Waals surface area (Å²) in [6, 6.07) is 5.61. The molecule has 0 aromatic carbocycles. The van der Waals surface area contributed by atoms with Crippen molar-refractivity contribution in [2.75, 3.05) is 13.2 Å². The Morgan fingerprint density at radius 3 is 3.19 bits per heavy atom. The summed E-state index contributed by atoms with van der Waals surface area (Å²) in [7, 11) is 1.93. The number of rotatable bonds is 6. The van der Waals surface area contributed by atoms with Crippen LogP contribution in [0.15, 0.2) is 28.9 Å². The van der Waals surface area contributed by atoms with Crippen LogP contribution in [0.4, 0.5) is 0 Å². The van der Waals surface area contributed by atoms with Gasteiger partial charge in [-0.05, 0) is 31.0 Å². The van der Waals surface area contributed by atoms with Gasteiger partial charge in [0.2, 0.25) is 0 Å². The normalized spacial score (nSPS) is 16.9. The van der Waals surface area contributed by atoms with E-state index in [1.165, 1.54) is 0 Å². The second-order valence-corrected chi connectivity index (χ2v) is 6.23. The largest absolute Gasteiger partial charge is 0.368 e. The molecule has 1 unspecified atom stereocenters. The first-order chi connectivity index (χ1) is 12.7. The van der Waals surface area contributed by atoms with Gasteiger partial charge in [0, 0.05) is 32.8 Å². The molecule has 1 fully saturated rings. The first kappa shape index (κ1) is 16.5. The fraction of sp³-hybridized carbons (Fsp3) is 0.412. The lowest BCUT2D eigenvalue weighted by atomic mass is 10.2. The predicted octanol–water partition coefficient (Wildman–Crippen LogP) is 1.62. The van der Waals surface area contributed by atoms with Gasteiger partial charge in [-0.3, -0.25) is 9.89 Å². The topological polar surface area (TPSA) is 111 Å². The van der Waals surface area contributed by atoms with Gasteiger partial charge in [0.25, 0.3) is 11.8 Å². The number of nitrogens with one attached hydrogen (secondary N) is 2. The first-order valence-corrected chi connectivity index (χ1v) is 8.60. The third kappa shape index (κ3) is 3.38. The molecule has 9 heteroatoms. The molecule has 0 aliphatic carbocycles. The van der Waals surface area contributed by atoms with Crippen LogP contribution in [-0.4, -0.2) is 44.0 Å². The van der Waals surface area contributed by atoms with Crippen LogP contribution in [-0.2, 0) is 18.2 Å². The molecule has 4 heterocycles. The molecule has 2 N–H and O–H groups in total. The van der Waals surface area contributed by atoms with Crippen molar-refractivity contribution in [2.45, 2.75) is 25.4 Å². The summed E-state index contributed by atoms with van der Waals surface area (Å²) in [6.07, 6.45) is 4.24. The van der Waals surface area contributed by atoms with Crippen molar-refractivity contribution in [1.29, 1.82) is 0 Å². The van der Waals surface area contributed by atoms with Crippen LogP contribution < -0.4 is 5.32 Å². The summed E-state index contributed by atoms with van der Waals surface area (Å²) in [5, 5.41) is 13.7. The quantitative estimate of drug-likeness (QED) is 0.694. The van der Waals surface area contributed by atoms with Crippen LogP contribution in [0.25, 0.3) is 11.4 Å². The molecule has 0 saturated carbocycles. The van der Waals surface area contributed by atoms with Crippen molar-refractivity contribution in [3.63, 3.8) is 0 Å². The number of ether oxygens (including phenoxy) is 1. The SMILES string of the molecule is Cn1cccc1-c1cc(C(=O)NCCc2noc(C3CCCO3)n2)[nH]n1. The molecule has 9 nitrogen and oxygen atoms in total. The van der Waals surface area contributed by atoms with Gasteiger partial charge in [0.05, 0.1) is 5.69 Å². The molecular weight excluding hydrogens is 336 g/mol. The fourth-order valence-electron chi connectivity index (χ4n) is 2.95. The maximum atomic E-state index is 12.2. The van der Waals surface area contributed by atoms with E-state index in [-0.39, 0.29) is 12.0 Å². The second-order valence-electron chi connectivity index (χ2n) is 6.23. The highest BCUT2D eigenvalue weighted by atomic mass is 16.5. The van der Waals surface area contributed by atoms with Crippen LogP contribution in [0.2, 0.25) is 0 Å². The van der Waals surface area contributed by atoms with Gasteiger partial charge in [-0.15, -0.1) is 0 Å². The zero-order chi connectivity index (χ0) is 17.9. The smallest absolute Gasteiger partial charge is 0.269 e. The number of H-pyrrole nitrogens is 1. The minimum absolute atomic E-state index is 0.0910. The average molecular weight is 356 g/mol. The zero-order valence-electron chi connectivity index (χ0n) is 14.4. The molecule has 3 aromatic rings. The number of aryl methyl sites for hydroxylation is 1. The maximum Gasteiger partial charge on any atom is 0.269 e. The van der Waals surface area contributed by atoms with Gasteiger partial charge in [-0.1, -0.05) is 5.16 Å². The zero-order valence-corrected chi connectivity index (χ0v) is 14.4. The number of carbonyl (C=O) groups excluding carboxylic acids is 1. The molecule has 1 aliphatic heterocycles. The van der Waals surface area contributed by atoms with E-state index in [9.17, 15) is 4.79 Å². The van der Waals surface area contributed by atoms with Crippen molar-refractivity contribution >= 4 is 5.91 Å². The van der Waals surface area contributed by atoms with Crippen LogP contribution >= 0.6 is 0 Å². The lowest BCUT2D eigenvalue weighted by molar-refractivity contribution is 0.0835. The first-order valence-electron chi connectivity index (χ1n) is 8.60. The number of aromatic nitrogens is 5. The van der Waals surface area contributed by atoms with Crippen molar-refractivity contribution in [3.05, 3.63) is 41.8 Å². The van der Waals surface area contributed by atoms with Crippen LogP contribution in [0, 0.1) is 0 Å². The van der Waals surface area contributed by atoms with Gasteiger partial charge in [0.1, 0.15) is 17.5 Å². The molecular formula is C17H20N6O3. The second kappa shape index (κ2) is 7.12. The lowest BCUT2D eigenvalue weighted by Crippen LogP contribution is -2.26. The van der Waals surface area contributed by atoms with E-state index in [4.69, 9.17) is 9.26 Å². The monoisotopic (exact) mass is 356 g/mol. The molecule has 0 radical (unpaired) electrons. The summed E-state index contributed by atoms with van der Waals surface area (Å²) in [5.41, 5.74) is 2.07. The van der Waals surface area contributed by atoms with Gasteiger partial charge < -0.3 is 19.1 Å². The van der Waals surface area contributed by atoms with E-state index in [0.29, 0.717) is 30.4 Å². The van der Waals surface area contributed by atoms with Crippen molar-refractivity contribution < 1.29 is 14.1 Å². The fourth-order valence-corrected chi connectivity index (χ4v) is 2.95. The Morgan fingerprint density at radius 1 is 1.50 bits per heavy atom. The maximum absolute atomic E-state index is 12.2. The van der Waals surface area contributed by atoms with Crippen LogP contribution in [0.5, 0.6) is 0 Å². The summed E-state index contributed by atoms with van der Waals surface area (Å²) in [6.45, 7) is 1.13. The van der Waals surface area contributed by atoms with Crippen molar-refractivity contribution in [1.82, 2.24) is 30.2 Å². The number of nitrogens with zero attached hydrogens (tertiary/aromatic N) is 4. The van der Waals surface area contributed by atoms with E-state index in [2.05, 4.69) is 25.7 Å². The minimum atomic E-state index is -0.221. The predicted molar refractivity (Wildman–Crippen MR) is 91.3 cm³/mol. The molecule has 4 rings (SSSR count). The van der Waals surface area contributed by atoms with E-state index in [1.807, 2.05) is 29.9 Å². The van der Waals surface area contributed by atoms with Crippen molar-refractivity contribution in [3.8, 4) is 11.4 Å². The van der Waals surface area contributed by atoms with Gasteiger partial charge in [-0.2, -0.15) is 10.1 Å². The number of hydrogen-bond acceptors (Lipinski definition) is 6. The number of amides is 1. The summed E-state index contributed by atoms with van der Waals surface area (Å²) >= 11 is 0. The van der Waals surface area contributed by atoms with E-state index < -0.39 is 0 Å². The minimum Gasteiger partial charge on any atom is -0.368 e. The third-order valence-electron chi connectivity index (χ3n) is 4.35. The molecule has 0 bridgehead atoms. The molecule has 1 amide bonds. The Hall–Kier alpha value is -2.94. The van der Waals surface area contributed by atoms with E-state index in [1.54, 1.807) is 6.07 Å². The molecule has 1 aliphatic rings. The van der Waals surface area contributed by atoms with Gasteiger partial charge >= 0.3 is 0 Å². The van der Waals surface area contributed by atoms with E-state index in [0.717, 1.165) is 30.8 Å². The number of carbonyl (C=O) groups is 1. The number of aromatic amines is 1. The third-order valence-corrected chi connectivity index (χ3v) is 4.35. The average Bonchev–Trinajstić information content (AvgIpc) is 3.41. The van der Waals surface area contributed by atoms with Gasteiger partial charge in [-0.25, -0.2) is 0 Å². The number of hydrogen-bond donors (Lipinski definition) is 2. The van der Waals surface area contributed by atoms with Crippen LogP contribution in [0.1, 0.15) is 41.1 Å². The Balaban J connectivity index is 1.30. The lowest BCUT2D eigenvalue weighted by Gasteiger charge is -2.01. The molecule has 26 heavy (non-hydrogen) atoms. The summed E-state index contributed by atoms with van der Waals surface area (Å²) < 4.78 is 12.7. The Kier molecular flexibility index (Phi) is 4.53.